The van der Waals surface area contributed by atoms with Gasteiger partial charge in [-0.05, 0) is 25.3 Å². The number of nitrogens with zero attached hydrogens (tertiary/aromatic N) is 1. The summed E-state index contributed by atoms with van der Waals surface area (Å²) < 4.78 is 46.8. The number of halogens is 3. The van der Waals surface area contributed by atoms with Gasteiger partial charge in [0.05, 0.1) is 11.5 Å². The summed E-state index contributed by atoms with van der Waals surface area (Å²) in [6.45, 7) is 1.13. The lowest BCUT2D eigenvalue weighted by Gasteiger charge is -2.47. The van der Waals surface area contributed by atoms with E-state index in [9.17, 15) is 38.0 Å². The van der Waals surface area contributed by atoms with Crippen LogP contribution < -0.4 is 5.32 Å². The van der Waals surface area contributed by atoms with Crippen molar-refractivity contribution in [1.82, 2.24) is 5.32 Å². The standard InChI is InChI=1S/C19H19F3N2O6/c1-2-30-17(26)16-14(10-5-3-6-11(9-10)24(28)29)15-12(7-4-8-13(15)25)23-18(16,27)19(20,21)22/h3,5-6,9,14,16,23,27H,2,4,7-8H2,1H3. The molecular formula is C19H19F3N2O6. The van der Waals surface area contributed by atoms with E-state index in [1.807, 2.05) is 5.32 Å². The molecule has 0 radical (unpaired) electrons. The summed E-state index contributed by atoms with van der Waals surface area (Å²) in [5.74, 6) is -5.70. The first kappa shape index (κ1) is 21.8. The molecule has 3 unspecified atom stereocenters. The maximum atomic E-state index is 14.0. The number of allylic oxidation sites excluding steroid dienone is 2. The Hall–Kier alpha value is -2.95. The molecular weight excluding hydrogens is 409 g/mol. The van der Waals surface area contributed by atoms with Crippen LogP contribution in [0.2, 0.25) is 0 Å². The summed E-state index contributed by atoms with van der Waals surface area (Å²) in [5, 5.41) is 23.8. The molecule has 2 aliphatic rings. The maximum Gasteiger partial charge on any atom is 0.437 e. The number of aliphatic hydroxyl groups is 1. The van der Waals surface area contributed by atoms with Gasteiger partial charge in [0.1, 0.15) is 5.92 Å². The van der Waals surface area contributed by atoms with Crippen LogP contribution in [0.4, 0.5) is 18.9 Å². The number of esters is 1. The van der Waals surface area contributed by atoms with E-state index in [2.05, 4.69) is 0 Å². The molecule has 0 aromatic heterocycles. The van der Waals surface area contributed by atoms with Gasteiger partial charge in [-0.2, -0.15) is 13.2 Å². The van der Waals surface area contributed by atoms with Crippen molar-refractivity contribution < 1.29 is 37.5 Å². The molecule has 1 aromatic carbocycles. The van der Waals surface area contributed by atoms with Crippen molar-refractivity contribution in [1.29, 1.82) is 0 Å². The fraction of sp³-hybridized carbons (Fsp3) is 0.474. The third kappa shape index (κ3) is 3.53. The number of carbonyl (C=O) groups excluding carboxylic acids is 2. The van der Waals surface area contributed by atoms with Crippen molar-refractivity contribution in [3.63, 3.8) is 0 Å². The number of carbonyl (C=O) groups is 2. The zero-order chi connectivity index (χ0) is 22.3. The number of hydrogen-bond acceptors (Lipinski definition) is 7. The Labute approximate surface area is 168 Å². The summed E-state index contributed by atoms with van der Waals surface area (Å²) in [7, 11) is 0. The van der Waals surface area contributed by atoms with Crippen LogP contribution in [0, 0.1) is 16.0 Å². The van der Waals surface area contributed by atoms with E-state index in [1.165, 1.54) is 19.1 Å². The molecule has 0 saturated carbocycles. The molecule has 0 amide bonds. The highest BCUT2D eigenvalue weighted by molar-refractivity contribution is 6.00. The van der Waals surface area contributed by atoms with Crippen molar-refractivity contribution in [3.05, 3.63) is 51.2 Å². The molecule has 0 bridgehead atoms. The minimum atomic E-state index is -5.30. The van der Waals surface area contributed by atoms with Gasteiger partial charge in [0.25, 0.3) is 5.69 Å². The average molecular weight is 428 g/mol. The topological polar surface area (TPSA) is 119 Å². The molecule has 30 heavy (non-hydrogen) atoms. The number of Topliss-reactive ketones (excluding diaryl/α,β-unsaturated/α-hetero) is 1. The molecule has 3 rings (SSSR count). The number of benzene rings is 1. The highest BCUT2D eigenvalue weighted by Gasteiger charge is 2.67. The molecule has 1 aliphatic carbocycles. The smallest absolute Gasteiger partial charge is 0.437 e. The van der Waals surface area contributed by atoms with Crippen molar-refractivity contribution in [2.24, 2.45) is 5.92 Å². The molecule has 1 heterocycles. The Morgan fingerprint density at radius 1 is 1.40 bits per heavy atom. The van der Waals surface area contributed by atoms with Crippen LogP contribution in [0.25, 0.3) is 0 Å². The van der Waals surface area contributed by atoms with Gasteiger partial charge in [-0.1, -0.05) is 12.1 Å². The Morgan fingerprint density at radius 2 is 2.10 bits per heavy atom. The summed E-state index contributed by atoms with van der Waals surface area (Å²) in [5.41, 5.74) is -4.41. The number of non-ortho nitro benzene ring substituents is 1. The third-order valence-corrected chi connectivity index (χ3v) is 5.30. The molecule has 0 fully saturated rings. The van der Waals surface area contributed by atoms with Crippen LogP contribution in [-0.4, -0.2) is 40.3 Å². The van der Waals surface area contributed by atoms with Crippen LogP contribution in [0.5, 0.6) is 0 Å². The predicted octanol–water partition coefficient (Wildman–Crippen LogP) is 2.72. The maximum absolute atomic E-state index is 14.0. The predicted molar refractivity (Wildman–Crippen MR) is 96.0 cm³/mol. The number of alkyl halides is 3. The summed E-state index contributed by atoms with van der Waals surface area (Å²) in [4.78, 5) is 35.8. The summed E-state index contributed by atoms with van der Waals surface area (Å²) >= 11 is 0. The van der Waals surface area contributed by atoms with Gasteiger partial charge in [0, 0.05) is 35.7 Å². The Morgan fingerprint density at radius 3 is 2.70 bits per heavy atom. The molecule has 3 atom stereocenters. The van der Waals surface area contributed by atoms with Crippen LogP contribution >= 0.6 is 0 Å². The zero-order valence-electron chi connectivity index (χ0n) is 15.9. The highest BCUT2D eigenvalue weighted by Crippen LogP contribution is 2.51. The molecule has 162 valence electrons. The normalized spacial score (nSPS) is 26.6. The van der Waals surface area contributed by atoms with Crippen LogP contribution in [0.15, 0.2) is 35.5 Å². The van der Waals surface area contributed by atoms with Gasteiger partial charge in [-0.25, -0.2) is 0 Å². The Kier molecular flexibility index (Phi) is 5.59. The van der Waals surface area contributed by atoms with Crippen molar-refractivity contribution >= 4 is 17.4 Å². The van der Waals surface area contributed by atoms with Gasteiger partial charge in [0.2, 0.25) is 5.72 Å². The SMILES string of the molecule is CCOC(=O)C1C(c2cccc([N+](=O)[O-])c2)C2=C(CCCC2=O)NC1(O)C(F)(F)F. The van der Waals surface area contributed by atoms with Gasteiger partial charge < -0.3 is 15.2 Å². The van der Waals surface area contributed by atoms with E-state index in [0.717, 1.165) is 12.1 Å². The first-order chi connectivity index (χ1) is 14.0. The largest absolute Gasteiger partial charge is 0.466 e. The van der Waals surface area contributed by atoms with Crippen molar-refractivity contribution in [2.45, 2.75) is 44.0 Å². The fourth-order valence-electron chi connectivity index (χ4n) is 4.05. The summed E-state index contributed by atoms with van der Waals surface area (Å²) in [6.07, 6.45) is -4.93. The van der Waals surface area contributed by atoms with Gasteiger partial charge >= 0.3 is 12.1 Å². The lowest BCUT2D eigenvalue weighted by Crippen LogP contribution is -2.67. The van der Waals surface area contributed by atoms with Crippen molar-refractivity contribution in [2.75, 3.05) is 6.61 Å². The van der Waals surface area contributed by atoms with E-state index in [-0.39, 0.29) is 42.7 Å². The average Bonchev–Trinajstić information content (AvgIpc) is 2.66. The second-order valence-corrected chi connectivity index (χ2v) is 7.12. The van der Waals surface area contributed by atoms with Crippen LogP contribution in [0.3, 0.4) is 0 Å². The minimum Gasteiger partial charge on any atom is -0.466 e. The number of nitro groups is 1. The first-order valence-electron chi connectivity index (χ1n) is 9.25. The fourth-order valence-corrected chi connectivity index (χ4v) is 4.05. The second-order valence-electron chi connectivity index (χ2n) is 7.12. The quantitative estimate of drug-likeness (QED) is 0.430. The number of nitro benzene ring substituents is 1. The van der Waals surface area contributed by atoms with Crippen LogP contribution in [0.1, 0.15) is 37.7 Å². The Balaban J connectivity index is 2.30. The number of rotatable bonds is 4. The molecule has 8 nitrogen and oxygen atoms in total. The van der Waals surface area contributed by atoms with E-state index < -0.39 is 46.1 Å². The third-order valence-electron chi connectivity index (χ3n) is 5.30. The first-order valence-corrected chi connectivity index (χ1v) is 9.25. The molecule has 1 aliphatic heterocycles. The molecule has 2 N–H and O–H groups in total. The van der Waals surface area contributed by atoms with E-state index in [1.54, 1.807) is 0 Å². The molecule has 11 heteroatoms. The Bertz CT molecular complexity index is 929. The molecule has 0 saturated heterocycles. The molecule has 1 aromatic rings. The van der Waals surface area contributed by atoms with E-state index in [0.29, 0.717) is 0 Å². The van der Waals surface area contributed by atoms with Gasteiger partial charge in [-0.15, -0.1) is 0 Å². The highest BCUT2D eigenvalue weighted by atomic mass is 19.4. The lowest BCUT2D eigenvalue weighted by atomic mass is 9.68. The van der Waals surface area contributed by atoms with E-state index in [4.69, 9.17) is 4.74 Å². The molecule has 0 spiro atoms. The number of ketones is 1. The summed E-state index contributed by atoms with van der Waals surface area (Å²) in [6, 6.07) is 4.68. The minimum absolute atomic E-state index is 0.0476. The monoisotopic (exact) mass is 428 g/mol. The van der Waals surface area contributed by atoms with Crippen molar-refractivity contribution in [3.8, 4) is 0 Å². The lowest BCUT2D eigenvalue weighted by molar-refractivity contribution is -0.385. The number of hydrogen-bond donors (Lipinski definition) is 2. The van der Waals surface area contributed by atoms with Gasteiger partial charge in [0.15, 0.2) is 5.78 Å². The number of nitrogens with one attached hydrogen (secondary N) is 1. The zero-order valence-corrected chi connectivity index (χ0v) is 15.9. The van der Waals surface area contributed by atoms with Gasteiger partial charge in [-0.3, -0.25) is 19.7 Å². The van der Waals surface area contributed by atoms with E-state index >= 15 is 0 Å². The van der Waals surface area contributed by atoms with Crippen LogP contribution in [-0.2, 0) is 14.3 Å². The number of ether oxygens (including phenoxy) is 1. The second kappa shape index (κ2) is 7.71.